The maximum absolute atomic E-state index is 11.7. The van der Waals surface area contributed by atoms with E-state index in [9.17, 15) is 4.79 Å². The number of rotatable bonds is 5. The van der Waals surface area contributed by atoms with E-state index in [1.807, 2.05) is 19.9 Å². The standard InChI is InChI=1S/C12H18O2/c1-4-5-6-7-12(13)11-8-9(2)14-10(11)3/h8H,4-7H2,1-3H3. The average Bonchev–Trinajstić information content (AvgIpc) is 2.45. The number of furan rings is 1. The van der Waals surface area contributed by atoms with Crippen molar-refractivity contribution in [3.63, 3.8) is 0 Å². The molecule has 1 heterocycles. The zero-order chi connectivity index (χ0) is 10.6. The Morgan fingerprint density at radius 1 is 1.36 bits per heavy atom. The predicted octanol–water partition coefficient (Wildman–Crippen LogP) is 3.66. The molecule has 0 saturated heterocycles. The summed E-state index contributed by atoms with van der Waals surface area (Å²) in [4.78, 5) is 11.7. The fourth-order valence-corrected chi connectivity index (χ4v) is 1.58. The highest BCUT2D eigenvalue weighted by Gasteiger charge is 2.12. The van der Waals surface area contributed by atoms with Crippen LogP contribution in [0.15, 0.2) is 10.5 Å². The van der Waals surface area contributed by atoms with Crippen LogP contribution in [0.2, 0.25) is 0 Å². The first-order chi connectivity index (χ1) is 6.65. The van der Waals surface area contributed by atoms with E-state index < -0.39 is 0 Å². The number of Topliss-reactive ketones (excluding diaryl/α,β-unsaturated/α-hetero) is 1. The van der Waals surface area contributed by atoms with Gasteiger partial charge in [0.05, 0.1) is 5.56 Å². The molecule has 1 rings (SSSR count). The SMILES string of the molecule is CCCCCC(=O)c1cc(C)oc1C. The Kier molecular flexibility index (Phi) is 3.93. The zero-order valence-corrected chi connectivity index (χ0v) is 9.22. The molecule has 14 heavy (non-hydrogen) atoms. The van der Waals surface area contributed by atoms with Crippen molar-refractivity contribution >= 4 is 5.78 Å². The quantitative estimate of drug-likeness (QED) is 0.529. The molecule has 0 spiro atoms. The Hall–Kier alpha value is -1.05. The van der Waals surface area contributed by atoms with Crippen LogP contribution in [0.4, 0.5) is 0 Å². The average molecular weight is 194 g/mol. The molecule has 1 aromatic rings. The third-order valence-electron chi connectivity index (χ3n) is 2.35. The van der Waals surface area contributed by atoms with Crippen LogP contribution in [0.25, 0.3) is 0 Å². The highest BCUT2D eigenvalue weighted by Crippen LogP contribution is 2.16. The van der Waals surface area contributed by atoms with Gasteiger partial charge in [0, 0.05) is 6.42 Å². The van der Waals surface area contributed by atoms with E-state index in [0.717, 1.165) is 36.3 Å². The van der Waals surface area contributed by atoms with E-state index >= 15 is 0 Å². The molecule has 0 bridgehead atoms. The van der Waals surface area contributed by atoms with Crippen LogP contribution in [0.3, 0.4) is 0 Å². The van der Waals surface area contributed by atoms with E-state index in [4.69, 9.17) is 4.42 Å². The largest absolute Gasteiger partial charge is 0.466 e. The summed E-state index contributed by atoms with van der Waals surface area (Å²) in [5.41, 5.74) is 0.763. The van der Waals surface area contributed by atoms with Crippen LogP contribution in [0.5, 0.6) is 0 Å². The van der Waals surface area contributed by atoms with E-state index in [-0.39, 0.29) is 5.78 Å². The number of hydrogen-bond acceptors (Lipinski definition) is 2. The van der Waals surface area contributed by atoms with E-state index in [0.29, 0.717) is 6.42 Å². The molecule has 0 aliphatic carbocycles. The minimum absolute atomic E-state index is 0.216. The van der Waals surface area contributed by atoms with Gasteiger partial charge in [0.2, 0.25) is 0 Å². The van der Waals surface area contributed by atoms with Crippen molar-refractivity contribution in [2.24, 2.45) is 0 Å². The third kappa shape index (κ3) is 2.72. The molecular weight excluding hydrogens is 176 g/mol. The molecule has 0 aromatic carbocycles. The molecule has 2 nitrogen and oxygen atoms in total. The Morgan fingerprint density at radius 2 is 2.07 bits per heavy atom. The second-order valence-electron chi connectivity index (χ2n) is 3.71. The minimum atomic E-state index is 0.216. The second-order valence-corrected chi connectivity index (χ2v) is 3.71. The van der Waals surface area contributed by atoms with Crippen LogP contribution in [-0.2, 0) is 0 Å². The summed E-state index contributed by atoms with van der Waals surface area (Å²) in [7, 11) is 0. The van der Waals surface area contributed by atoms with Crippen molar-refractivity contribution in [1.82, 2.24) is 0 Å². The van der Waals surface area contributed by atoms with Crippen LogP contribution in [0, 0.1) is 13.8 Å². The number of ketones is 1. The predicted molar refractivity (Wildman–Crippen MR) is 56.7 cm³/mol. The highest BCUT2D eigenvalue weighted by molar-refractivity contribution is 5.97. The summed E-state index contributed by atoms with van der Waals surface area (Å²) >= 11 is 0. The van der Waals surface area contributed by atoms with Gasteiger partial charge in [0.15, 0.2) is 5.78 Å². The molecule has 0 amide bonds. The first kappa shape index (κ1) is 11.0. The Bertz CT molecular complexity index is 310. The van der Waals surface area contributed by atoms with Gasteiger partial charge in [-0.05, 0) is 26.3 Å². The minimum Gasteiger partial charge on any atom is -0.466 e. The topological polar surface area (TPSA) is 30.2 Å². The van der Waals surface area contributed by atoms with Gasteiger partial charge in [-0.3, -0.25) is 4.79 Å². The third-order valence-corrected chi connectivity index (χ3v) is 2.35. The van der Waals surface area contributed by atoms with E-state index in [1.165, 1.54) is 0 Å². The van der Waals surface area contributed by atoms with Gasteiger partial charge in [0.25, 0.3) is 0 Å². The molecule has 0 fully saturated rings. The van der Waals surface area contributed by atoms with Crippen LogP contribution < -0.4 is 0 Å². The molecule has 78 valence electrons. The highest BCUT2D eigenvalue weighted by atomic mass is 16.3. The van der Waals surface area contributed by atoms with Gasteiger partial charge in [0.1, 0.15) is 11.5 Å². The summed E-state index contributed by atoms with van der Waals surface area (Å²) in [5.74, 6) is 1.79. The number of hydrogen-bond donors (Lipinski definition) is 0. The molecule has 0 atom stereocenters. The van der Waals surface area contributed by atoms with E-state index in [2.05, 4.69) is 6.92 Å². The fourth-order valence-electron chi connectivity index (χ4n) is 1.58. The summed E-state index contributed by atoms with van der Waals surface area (Å²) in [6.45, 7) is 5.85. The Balaban J connectivity index is 2.56. The molecule has 0 N–H and O–H groups in total. The molecule has 0 aliphatic rings. The van der Waals surface area contributed by atoms with Crippen molar-refractivity contribution in [2.45, 2.75) is 46.5 Å². The van der Waals surface area contributed by atoms with Gasteiger partial charge in [-0.15, -0.1) is 0 Å². The normalized spacial score (nSPS) is 10.5. The van der Waals surface area contributed by atoms with Gasteiger partial charge in [-0.25, -0.2) is 0 Å². The molecule has 1 aromatic heterocycles. The second kappa shape index (κ2) is 4.99. The zero-order valence-electron chi connectivity index (χ0n) is 9.22. The molecule has 0 radical (unpaired) electrons. The lowest BCUT2D eigenvalue weighted by molar-refractivity contribution is 0.0978. The van der Waals surface area contributed by atoms with Gasteiger partial charge in [-0.2, -0.15) is 0 Å². The molecule has 0 aliphatic heterocycles. The Morgan fingerprint density at radius 3 is 2.57 bits per heavy atom. The van der Waals surface area contributed by atoms with Crippen molar-refractivity contribution < 1.29 is 9.21 Å². The summed E-state index contributed by atoms with van der Waals surface area (Å²) in [5, 5.41) is 0. The van der Waals surface area contributed by atoms with Gasteiger partial charge >= 0.3 is 0 Å². The number of unbranched alkanes of at least 4 members (excludes halogenated alkanes) is 2. The van der Waals surface area contributed by atoms with Crippen LogP contribution in [-0.4, -0.2) is 5.78 Å². The summed E-state index contributed by atoms with van der Waals surface area (Å²) < 4.78 is 5.32. The first-order valence-corrected chi connectivity index (χ1v) is 5.25. The maximum Gasteiger partial charge on any atom is 0.166 e. The number of carbonyl (C=O) groups is 1. The molecule has 0 saturated carbocycles. The molecule has 2 heteroatoms. The Labute approximate surface area is 85.3 Å². The van der Waals surface area contributed by atoms with Crippen molar-refractivity contribution in [3.8, 4) is 0 Å². The lowest BCUT2D eigenvalue weighted by Gasteiger charge is -1.97. The van der Waals surface area contributed by atoms with Gasteiger partial charge < -0.3 is 4.42 Å². The fraction of sp³-hybridized carbons (Fsp3) is 0.583. The lowest BCUT2D eigenvalue weighted by Crippen LogP contribution is -1.98. The van der Waals surface area contributed by atoms with Crippen molar-refractivity contribution in [3.05, 3.63) is 23.2 Å². The summed E-state index contributed by atoms with van der Waals surface area (Å²) in [6, 6.07) is 1.84. The van der Waals surface area contributed by atoms with Crippen LogP contribution >= 0.6 is 0 Å². The monoisotopic (exact) mass is 194 g/mol. The van der Waals surface area contributed by atoms with Crippen molar-refractivity contribution in [2.75, 3.05) is 0 Å². The van der Waals surface area contributed by atoms with Crippen LogP contribution in [0.1, 0.15) is 54.5 Å². The van der Waals surface area contributed by atoms with Gasteiger partial charge in [-0.1, -0.05) is 19.8 Å². The summed E-state index contributed by atoms with van der Waals surface area (Å²) in [6.07, 6.45) is 3.91. The lowest BCUT2D eigenvalue weighted by atomic mass is 10.1. The first-order valence-electron chi connectivity index (χ1n) is 5.25. The molecular formula is C12H18O2. The smallest absolute Gasteiger partial charge is 0.166 e. The maximum atomic E-state index is 11.7. The van der Waals surface area contributed by atoms with E-state index in [1.54, 1.807) is 0 Å². The van der Waals surface area contributed by atoms with Crippen molar-refractivity contribution in [1.29, 1.82) is 0 Å². The number of aryl methyl sites for hydroxylation is 2. The molecule has 0 unspecified atom stereocenters. The number of carbonyl (C=O) groups excluding carboxylic acids is 1.